The summed E-state index contributed by atoms with van der Waals surface area (Å²) in [5, 5.41) is 0. The van der Waals surface area contributed by atoms with E-state index in [2.05, 4.69) is 41.3 Å². The third kappa shape index (κ3) is 9.78. The molecule has 0 aromatic heterocycles. The van der Waals surface area contributed by atoms with E-state index < -0.39 is 0 Å². The summed E-state index contributed by atoms with van der Waals surface area (Å²) in [6.07, 6.45) is 8.24. The number of benzene rings is 4. The second kappa shape index (κ2) is 20.2. The standard InChI is InChI=1S/C24H31NO4.C23H28O5/c1-25(2)18-12-10-16(11-13-18)19-8-6-7-9-20(19)23(26)17-14-21(27-3)24(29-5)22(15-17)28-4;1-25-17-11-9-15(10-12-17)18-7-5-6-8-19(18)22(24)16-13-20(26-2)23(28-4)21(14-16)27-3/h10-15,19-20H,6-9H2,1-5H3;9-14,18-19H,5-8H2,1-4H3. The molecule has 0 radical (unpaired) electrons. The molecule has 0 spiro atoms. The lowest BCUT2D eigenvalue weighted by Crippen LogP contribution is -2.26. The van der Waals surface area contributed by atoms with Crippen molar-refractivity contribution < 1.29 is 42.7 Å². The third-order valence-electron chi connectivity index (χ3n) is 11.5. The van der Waals surface area contributed by atoms with Gasteiger partial charge in [0.2, 0.25) is 11.5 Å². The second-order valence-electron chi connectivity index (χ2n) is 14.8. The van der Waals surface area contributed by atoms with E-state index in [-0.39, 0.29) is 35.2 Å². The molecule has 2 aliphatic rings. The van der Waals surface area contributed by atoms with E-state index in [4.69, 9.17) is 33.2 Å². The lowest BCUT2D eigenvalue weighted by atomic mass is 9.72. The van der Waals surface area contributed by atoms with Crippen LogP contribution in [0.25, 0.3) is 0 Å². The van der Waals surface area contributed by atoms with Crippen LogP contribution in [0, 0.1) is 11.8 Å². The molecule has 0 aliphatic heterocycles. The summed E-state index contributed by atoms with van der Waals surface area (Å²) in [6, 6.07) is 23.7. The van der Waals surface area contributed by atoms with Crippen LogP contribution in [0.1, 0.15) is 95.0 Å². The van der Waals surface area contributed by atoms with Crippen molar-refractivity contribution in [2.75, 3.05) is 68.8 Å². The zero-order valence-electron chi connectivity index (χ0n) is 35.0. The zero-order chi connectivity index (χ0) is 41.1. The number of hydrogen-bond donors (Lipinski definition) is 0. The van der Waals surface area contributed by atoms with Crippen LogP contribution in [0.2, 0.25) is 0 Å². The second-order valence-corrected chi connectivity index (χ2v) is 14.8. The Labute approximate surface area is 338 Å². The maximum Gasteiger partial charge on any atom is 0.203 e. The first-order valence-corrected chi connectivity index (χ1v) is 19.7. The van der Waals surface area contributed by atoms with Crippen LogP contribution in [0.4, 0.5) is 5.69 Å². The van der Waals surface area contributed by atoms with Gasteiger partial charge in [0.1, 0.15) is 5.75 Å². The minimum atomic E-state index is -0.0649. The first-order chi connectivity index (χ1) is 27.6. The van der Waals surface area contributed by atoms with Gasteiger partial charge in [-0.1, -0.05) is 49.9 Å². The zero-order valence-corrected chi connectivity index (χ0v) is 35.0. The van der Waals surface area contributed by atoms with E-state index in [0.717, 1.165) is 62.8 Å². The summed E-state index contributed by atoms with van der Waals surface area (Å²) >= 11 is 0. The number of ketones is 2. The van der Waals surface area contributed by atoms with Crippen LogP contribution >= 0.6 is 0 Å². The third-order valence-corrected chi connectivity index (χ3v) is 11.5. The normalized spacial score (nSPS) is 18.9. The molecule has 0 N–H and O–H groups in total. The van der Waals surface area contributed by atoms with Crippen molar-refractivity contribution in [2.24, 2.45) is 11.8 Å². The molecule has 0 heterocycles. The van der Waals surface area contributed by atoms with Crippen LogP contribution < -0.4 is 38.1 Å². The topological polar surface area (TPSA) is 102 Å². The number of methoxy groups -OCH3 is 7. The number of carbonyl (C=O) groups excluding carboxylic acids is 2. The van der Waals surface area contributed by atoms with Gasteiger partial charge in [0, 0.05) is 42.7 Å². The van der Waals surface area contributed by atoms with Gasteiger partial charge in [-0.2, -0.15) is 0 Å². The molecule has 4 unspecified atom stereocenters. The molecule has 4 atom stereocenters. The molecule has 306 valence electrons. The Hall–Kier alpha value is -5.38. The SMILES string of the molecule is COc1cc(C(=O)C2CCCCC2c2ccc(N(C)C)cc2)cc(OC)c1OC.COc1ccc(C2CCCCC2C(=O)c2cc(OC)c(OC)c(OC)c2)cc1. The van der Waals surface area contributed by atoms with Crippen molar-refractivity contribution in [3.63, 3.8) is 0 Å². The molecule has 57 heavy (non-hydrogen) atoms. The molecule has 2 aliphatic carbocycles. The summed E-state index contributed by atoms with van der Waals surface area (Å²) in [5.74, 6) is 4.44. The highest BCUT2D eigenvalue weighted by molar-refractivity contribution is 6.00. The Morgan fingerprint density at radius 2 is 0.825 bits per heavy atom. The fourth-order valence-corrected chi connectivity index (χ4v) is 8.43. The Morgan fingerprint density at radius 1 is 0.474 bits per heavy atom. The number of Topliss-reactive ketones (excluding diaryl/α,β-unsaturated/α-hetero) is 2. The van der Waals surface area contributed by atoms with Gasteiger partial charge in [-0.25, -0.2) is 0 Å². The number of ether oxygens (including phenoxy) is 7. The maximum atomic E-state index is 13.5. The van der Waals surface area contributed by atoms with Crippen LogP contribution in [0.5, 0.6) is 40.2 Å². The van der Waals surface area contributed by atoms with Crippen LogP contribution in [-0.4, -0.2) is 75.4 Å². The minimum absolute atomic E-state index is 0.0447. The van der Waals surface area contributed by atoms with E-state index in [1.54, 1.807) is 74.0 Å². The van der Waals surface area contributed by atoms with Crippen LogP contribution in [0.15, 0.2) is 72.8 Å². The number of nitrogens with zero attached hydrogens (tertiary/aromatic N) is 1. The van der Waals surface area contributed by atoms with E-state index in [1.165, 1.54) is 11.1 Å². The predicted molar refractivity (Wildman–Crippen MR) is 224 cm³/mol. The van der Waals surface area contributed by atoms with Gasteiger partial charge in [0.25, 0.3) is 0 Å². The Balaban J connectivity index is 0.000000218. The van der Waals surface area contributed by atoms with Crippen LogP contribution in [-0.2, 0) is 0 Å². The summed E-state index contributed by atoms with van der Waals surface area (Å²) in [7, 11) is 15.1. The number of anilines is 1. The summed E-state index contributed by atoms with van der Waals surface area (Å²) in [5.41, 5.74) is 4.80. The largest absolute Gasteiger partial charge is 0.497 e. The summed E-state index contributed by atoms with van der Waals surface area (Å²) in [6.45, 7) is 0. The first kappa shape index (κ1) is 42.8. The average molecular weight is 782 g/mol. The summed E-state index contributed by atoms with van der Waals surface area (Å²) in [4.78, 5) is 29.1. The Morgan fingerprint density at radius 3 is 1.14 bits per heavy atom. The fraction of sp³-hybridized carbons (Fsp3) is 0.447. The molecule has 2 saturated carbocycles. The van der Waals surface area contributed by atoms with Crippen molar-refractivity contribution in [2.45, 2.75) is 63.2 Å². The Bertz CT molecular complexity index is 1890. The average Bonchev–Trinajstić information content (AvgIpc) is 3.27. The number of carbonyl (C=O) groups is 2. The van der Waals surface area contributed by atoms with Gasteiger partial charge in [0.15, 0.2) is 34.6 Å². The van der Waals surface area contributed by atoms with E-state index in [1.807, 2.05) is 26.2 Å². The van der Waals surface area contributed by atoms with E-state index >= 15 is 0 Å². The molecule has 0 amide bonds. The van der Waals surface area contributed by atoms with Gasteiger partial charge in [-0.3, -0.25) is 9.59 Å². The van der Waals surface area contributed by atoms with Crippen molar-refractivity contribution >= 4 is 17.3 Å². The highest BCUT2D eigenvalue weighted by Gasteiger charge is 2.35. The highest BCUT2D eigenvalue weighted by atomic mass is 16.5. The molecule has 4 aromatic rings. The molecular formula is C47H59NO9. The molecule has 10 heteroatoms. The van der Waals surface area contributed by atoms with Crippen molar-refractivity contribution in [3.05, 3.63) is 95.1 Å². The molecule has 2 fully saturated rings. The minimum Gasteiger partial charge on any atom is -0.497 e. The lowest BCUT2D eigenvalue weighted by molar-refractivity contribution is 0.0860. The van der Waals surface area contributed by atoms with E-state index in [9.17, 15) is 9.59 Å². The molecule has 4 aromatic carbocycles. The predicted octanol–water partition coefficient (Wildman–Crippen LogP) is 9.81. The molecule has 0 bridgehead atoms. The first-order valence-electron chi connectivity index (χ1n) is 19.7. The number of hydrogen-bond acceptors (Lipinski definition) is 10. The monoisotopic (exact) mass is 781 g/mol. The Kier molecular flexibility index (Phi) is 15.1. The van der Waals surface area contributed by atoms with Crippen molar-refractivity contribution in [1.29, 1.82) is 0 Å². The molecule has 0 saturated heterocycles. The van der Waals surface area contributed by atoms with Crippen molar-refractivity contribution in [3.8, 4) is 40.2 Å². The molecule has 10 nitrogen and oxygen atoms in total. The lowest BCUT2D eigenvalue weighted by Gasteiger charge is -2.31. The van der Waals surface area contributed by atoms with Gasteiger partial charge in [-0.05, 0) is 97.2 Å². The molecule has 6 rings (SSSR count). The van der Waals surface area contributed by atoms with Gasteiger partial charge < -0.3 is 38.1 Å². The van der Waals surface area contributed by atoms with Gasteiger partial charge in [0.05, 0.1) is 49.8 Å². The smallest absolute Gasteiger partial charge is 0.203 e. The fourth-order valence-electron chi connectivity index (χ4n) is 8.43. The summed E-state index contributed by atoms with van der Waals surface area (Å²) < 4.78 is 37.8. The maximum absolute atomic E-state index is 13.5. The highest BCUT2D eigenvalue weighted by Crippen LogP contribution is 2.45. The van der Waals surface area contributed by atoms with Gasteiger partial charge in [-0.15, -0.1) is 0 Å². The van der Waals surface area contributed by atoms with Crippen LogP contribution in [0.3, 0.4) is 0 Å². The quantitative estimate of drug-likeness (QED) is 0.115. The van der Waals surface area contributed by atoms with E-state index in [0.29, 0.717) is 45.6 Å². The molecular weight excluding hydrogens is 723 g/mol. The van der Waals surface area contributed by atoms with Gasteiger partial charge >= 0.3 is 0 Å². The number of rotatable bonds is 14. The van der Waals surface area contributed by atoms with Crippen molar-refractivity contribution in [1.82, 2.24) is 0 Å².